The molecule has 10 heteroatoms. The lowest BCUT2D eigenvalue weighted by Gasteiger charge is -2.22. The summed E-state index contributed by atoms with van der Waals surface area (Å²) in [5.41, 5.74) is 1.17. The highest BCUT2D eigenvalue weighted by Crippen LogP contribution is 2.32. The molecule has 178 valence electrons. The van der Waals surface area contributed by atoms with Crippen LogP contribution in [-0.4, -0.2) is 75.9 Å². The van der Waals surface area contributed by atoms with E-state index in [1.54, 1.807) is 38.0 Å². The normalized spacial score (nSPS) is 12.0. The first kappa shape index (κ1) is 25.1. The van der Waals surface area contributed by atoms with E-state index in [2.05, 4.69) is 4.98 Å². The predicted octanol–water partition coefficient (Wildman–Crippen LogP) is 3.54. The van der Waals surface area contributed by atoms with E-state index in [-0.39, 0.29) is 10.8 Å². The van der Waals surface area contributed by atoms with Crippen LogP contribution in [0.1, 0.15) is 24.2 Å². The maximum Gasteiger partial charge on any atom is 0.260 e. The summed E-state index contributed by atoms with van der Waals surface area (Å²) < 4.78 is 33.2. The third-order valence-corrected chi connectivity index (χ3v) is 8.40. The second kappa shape index (κ2) is 10.6. The van der Waals surface area contributed by atoms with Gasteiger partial charge >= 0.3 is 0 Å². The number of nitrogens with zero attached hydrogens (tertiary/aromatic N) is 4. The van der Waals surface area contributed by atoms with Crippen LogP contribution in [-0.2, 0) is 10.0 Å². The van der Waals surface area contributed by atoms with Gasteiger partial charge in [0.05, 0.1) is 22.2 Å². The van der Waals surface area contributed by atoms with Crippen molar-refractivity contribution in [2.45, 2.75) is 18.7 Å². The number of aromatic nitrogens is 1. The van der Waals surface area contributed by atoms with Gasteiger partial charge in [0, 0.05) is 37.8 Å². The van der Waals surface area contributed by atoms with Crippen LogP contribution in [0.3, 0.4) is 0 Å². The van der Waals surface area contributed by atoms with Crippen molar-refractivity contribution in [1.29, 1.82) is 0 Å². The highest BCUT2D eigenvalue weighted by molar-refractivity contribution is 7.89. The summed E-state index contributed by atoms with van der Waals surface area (Å²) in [6.45, 7) is 5.48. The van der Waals surface area contributed by atoms with Gasteiger partial charge in [0.15, 0.2) is 5.13 Å². The summed E-state index contributed by atoms with van der Waals surface area (Å²) in [7, 11) is 1.91. The molecule has 1 heterocycles. The minimum atomic E-state index is -3.58. The third-order valence-electron chi connectivity index (χ3n) is 5.27. The Bertz CT molecular complexity index is 1200. The van der Waals surface area contributed by atoms with Gasteiger partial charge in [0.25, 0.3) is 5.91 Å². The Labute approximate surface area is 199 Å². The van der Waals surface area contributed by atoms with Gasteiger partial charge in [-0.15, -0.1) is 0 Å². The van der Waals surface area contributed by atoms with Crippen LogP contribution >= 0.6 is 11.3 Å². The van der Waals surface area contributed by atoms with Crippen molar-refractivity contribution in [2.75, 3.05) is 52.3 Å². The molecule has 0 fully saturated rings. The summed E-state index contributed by atoms with van der Waals surface area (Å²) in [4.78, 5) is 21.9. The smallest absolute Gasteiger partial charge is 0.260 e. The largest absolute Gasteiger partial charge is 0.497 e. The molecule has 1 aromatic heterocycles. The molecule has 8 nitrogen and oxygen atoms in total. The van der Waals surface area contributed by atoms with Gasteiger partial charge < -0.3 is 9.64 Å². The lowest BCUT2D eigenvalue weighted by atomic mass is 10.2. The Morgan fingerprint density at radius 1 is 1.03 bits per heavy atom. The number of ether oxygens (including phenoxy) is 1. The van der Waals surface area contributed by atoms with Crippen molar-refractivity contribution >= 4 is 42.6 Å². The zero-order valence-corrected chi connectivity index (χ0v) is 21.2. The van der Waals surface area contributed by atoms with E-state index in [1.165, 1.54) is 27.8 Å². The lowest BCUT2D eigenvalue weighted by Crippen LogP contribution is -2.36. The van der Waals surface area contributed by atoms with E-state index in [0.717, 1.165) is 10.2 Å². The Morgan fingerprint density at radius 3 is 2.27 bits per heavy atom. The van der Waals surface area contributed by atoms with Crippen LogP contribution in [0.5, 0.6) is 5.75 Å². The molecule has 33 heavy (non-hydrogen) atoms. The maximum atomic E-state index is 13.5. The van der Waals surface area contributed by atoms with E-state index in [4.69, 9.17) is 4.74 Å². The number of rotatable bonds is 10. The molecule has 0 N–H and O–H groups in total. The number of hydrogen-bond donors (Lipinski definition) is 0. The molecular formula is C23H30N4O4S2. The molecule has 0 aliphatic heterocycles. The molecule has 0 spiro atoms. The molecule has 0 radical (unpaired) electrons. The van der Waals surface area contributed by atoms with E-state index in [9.17, 15) is 13.2 Å². The molecule has 0 atom stereocenters. The molecule has 0 unspecified atom stereocenters. The average molecular weight is 491 g/mol. The van der Waals surface area contributed by atoms with Crippen molar-refractivity contribution < 1.29 is 17.9 Å². The van der Waals surface area contributed by atoms with Crippen molar-refractivity contribution in [2.24, 2.45) is 0 Å². The number of fused-ring (bicyclic) bond motifs is 1. The summed E-state index contributed by atoms with van der Waals surface area (Å²) in [5.74, 6) is 0.477. The number of benzene rings is 2. The van der Waals surface area contributed by atoms with E-state index >= 15 is 0 Å². The minimum Gasteiger partial charge on any atom is -0.497 e. The SMILES string of the molecule is CCN(CC)S(=O)(=O)c1ccc(C(=O)N(CCN(C)C)c2nc3cc(OC)ccc3s2)cc1. The van der Waals surface area contributed by atoms with Gasteiger partial charge in [-0.1, -0.05) is 25.2 Å². The summed E-state index contributed by atoms with van der Waals surface area (Å²) >= 11 is 1.43. The monoisotopic (exact) mass is 490 g/mol. The first-order chi connectivity index (χ1) is 15.7. The minimum absolute atomic E-state index is 0.176. The van der Waals surface area contributed by atoms with Crippen molar-refractivity contribution in [3.63, 3.8) is 0 Å². The zero-order valence-electron chi connectivity index (χ0n) is 19.6. The number of carbonyl (C=O) groups excluding carboxylic acids is 1. The molecular weight excluding hydrogens is 460 g/mol. The highest BCUT2D eigenvalue weighted by atomic mass is 32.2. The zero-order chi connectivity index (χ0) is 24.2. The predicted molar refractivity (Wildman–Crippen MR) is 133 cm³/mol. The average Bonchev–Trinajstić information content (AvgIpc) is 3.22. The number of likely N-dealkylation sites (N-methyl/N-ethyl adjacent to an activating group) is 1. The summed E-state index contributed by atoms with van der Waals surface area (Å²) in [6.07, 6.45) is 0. The second-order valence-electron chi connectivity index (χ2n) is 7.70. The molecule has 0 aliphatic carbocycles. The fraction of sp³-hybridized carbons (Fsp3) is 0.391. The maximum absolute atomic E-state index is 13.5. The summed E-state index contributed by atoms with van der Waals surface area (Å²) in [5, 5.41) is 0.588. The Morgan fingerprint density at radius 2 is 1.70 bits per heavy atom. The standard InChI is InChI=1S/C23H30N4O4S2/c1-6-26(7-2)33(29,30)19-11-8-17(9-12-19)22(28)27(15-14-25(3)4)23-24-20-16-18(31-5)10-13-21(20)32-23/h8-13,16H,6-7,14-15H2,1-5H3. The number of hydrogen-bond acceptors (Lipinski definition) is 7. The Hall–Kier alpha value is -2.53. The molecule has 2 aromatic carbocycles. The van der Waals surface area contributed by atoms with E-state index in [0.29, 0.717) is 42.6 Å². The van der Waals surface area contributed by atoms with Crippen molar-refractivity contribution in [1.82, 2.24) is 14.2 Å². The Kier molecular flexibility index (Phi) is 8.06. The van der Waals surface area contributed by atoms with Gasteiger partial charge in [0.2, 0.25) is 10.0 Å². The molecule has 0 bridgehead atoms. The number of sulfonamides is 1. The number of carbonyl (C=O) groups is 1. The van der Waals surface area contributed by atoms with Crippen LogP contribution in [0.15, 0.2) is 47.4 Å². The van der Waals surface area contributed by atoms with Crippen LogP contribution < -0.4 is 9.64 Å². The van der Waals surface area contributed by atoms with E-state index in [1.807, 2.05) is 37.2 Å². The number of anilines is 1. The fourth-order valence-electron chi connectivity index (χ4n) is 3.36. The van der Waals surface area contributed by atoms with Gasteiger partial charge in [-0.05, 0) is 50.5 Å². The summed E-state index contributed by atoms with van der Waals surface area (Å²) in [6, 6.07) is 11.8. The quantitative estimate of drug-likeness (QED) is 0.432. The van der Waals surface area contributed by atoms with Crippen molar-refractivity contribution in [3.8, 4) is 5.75 Å². The molecule has 3 aromatic rings. The van der Waals surface area contributed by atoms with Gasteiger partial charge in [-0.3, -0.25) is 9.69 Å². The van der Waals surface area contributed by atoms with E-state index < -0.39 is 10.0 Å². The van der Waals surface area contributed by atoms with Gasteiger partial charge in [0.1, 0.15) is 5.75 Å². The van der Waals surface area contributed by atoms with Crippen LogP contribution in [0.4, 0.5) is 5.13 Å². The third kappa shape index (κ3) is 5.52. The van der Waals surface area contributed by atoms with Crippen LogP contribution in [0.2, 0.25) is 0 Å². The first-order valence-corrected chi connectivity index (χ1v) is 13.0. The van der Waals surface area contributed by atoms with Crippen LogP contribution in [0.25, 0.3) is 10.2 Å². The van der Waals surface area contributed by atoms with Gasteiger partial charge in [-0.25, -0.2) is 13.4 Å². The number of thiazole rings is 1. The highest BCUT2D eigenvalue weighted by Gasteiger charge is 2.24. The number of amides is 1. The fourth-order valence-corrected chi connectivity index (χ4v) is 5.79. The Balaban J connectivity index is 1.94. The number of methoxy groups -OCH3 is 1. The molecule has 1 amide bonds. The van der Waals surface area contributed by atoms with Crippen LogP contribution in [0, 0.1) is 0 Å². The molecule has 0 aliphatic rings. The molecule has 0 saturated heterocycles. The first-order valence-electron chi connectivity index (χ1n) is 10.7. The molecule has 0 saturated carbocycles. The topological polar surface area (TPSA) is 83.1 Å². The molecule has 3 rings (SSSR count). The van der Waals surface area contributed by atoms with Gasteiger partial charge in [-0.2, -0.15) is 4.31 Å². The van der Waals surface area contributed by atoms with Crippen molar-refractivity contribution in [3.05, 3.63) is 48.0 Å². The lowest BCUT2D eigenvalue weighted by molar-refractivity contribution is 0.0985. The second-order valence-corrected chi connectivity index (χ2v) is 10.7.